The van der Waals surface area contributed by atoms with Crippen molar-refractivity contribution >= 4 is 29.4 Å². The van der Waals surface area contributed by atoms with E-state index in [4.69, 9.17) is 5.11 Å². The van der Waals surface area contributed by atoms with Gasteiger partial charge in [0.05, 0.1) is 29.5 Å². The lowest BCUT2D eigenvalue weighted by Gasteiger charge is -2.25. The number of carbonyl (C=O) groups excluding carboxylic acids is 1. The lowest BCUT2D eigenvalue weighted by molar-refractivity contribution is -0.111. The minimum Gasteiger partial charge on any atom is -0.464 e. The van der Waals surface area contributed by atoms with Gasteiger partial charge in [-0.25, -0.2) is 18.6 Å². The zero-order valence-corrected chi connectivity index (χ0v) is 12.5. The maximum atomic E-state index is 13.5. The van der Waals surface area contributed by atoms with Crippen molar-refractivity contribution < 1.29 is 23.5 Å². The van der Waals surface area contributed by atoms with Gasteiger partial charge in [-0.2, -0.15) is 0 Å². The molecule has 126 valence electrons. The first kappa shape index (κ1) is 17.1. The maximum absolute atomic E-state index is 13.5. The van der Waals surface area contributed by atoms with Gasteiger partial charge < -0.3 is 15.2 Å². The first-order chi connectivity index (χ1) is 11.4. The molecule has 0 radical (unpaired) electrons. The van der Waals surface area contributed by atoms with Gasteiger partial charge in [-0.3, -0.25) is 10.4 Å². The third-order valence-corrected chi connectivity index (χ3v) is 3.02. The minimum atomic E-state index is -1.39. The van der Waals surface area contributed by atoms with E-state index < -0.39 is 23.8 Å². The average Bonchev–Trinajstić information content (AvgIpc) is 2.53. The van der Waals surface area contributed by atoms with E-state index in [1.54, 1.807) is 0 Å². The van der Waals surface area contributed by atoms with E-state index in [1.807, 2.05) is 0 Å². The lowest BCUT2D eigenvalue weighted by Crippen LogP contribution is -2.43. The van der Waals surface area contributed by atoms with Crippen LogP contribution in [0.1, 0.15) is 6.92 Å². The van der Waals surface area contributed by atoms with Crippen LogP contribution in [0.3, 0.4) is 0 Å². The number of pyridine rings is 1. The molecule has 0 fully saturated rings. The number of hydrogen-bond acceptors (Lipinski definition) is 5. The van der Waals surface area contributed by atoms with Crippen molar-refractivity contribution in [3.05, 3.63) is 48.3 Å². The van der Waals surface area contributed by atoms with Crippen LogP contribution >= 0.6 is 0 Å². The van der Waals surface area contributed by atoms with Gasteiger partial charge in [-0.15, -0.1) is 0 Å². The van der Waals surface area contributed by atoms with Crippen LogP contribution in [-0.4, -0.2) is 33.5 Å². The molecule has 2 rings (SSSR count). The van der Waals surface area contributed by atoms with Gasteiger partial charge >= 0.3 is 6.09 Å². The molecule has 2 aromatic rings. The van der Waals surface area contributed by atoms with Crippen molar-refractivity contribution in [3.63, 3.8) is 0 Å². The Morgan fingerprint density at radius 1 is 1.25 bits per heavy atom. The largest absolute Gasteiger partial charge is 0.464 e. The van der Waals surface area contributed by atoms with E-state index in [-0.39, 0.29) is 17.1 Å². The molecule has 1 heterocycles. The van der Waals surface area contributed by atoms with Gasteiger partial charge in [0.2, 0.25) is 0 Å². The molecule has 1 amide bonds. The monoisotopic (exact) mass is 336 g/mol. The van der Waals surface area contributed by atoms with Gasteiger partial charge in [0, 0.05) is 6.07 Å². The van der Waals surface area contributed by atoms with Crippen molar-refractivity contribution in [1.82, 2.24) is 9.99 Å². The Hall–Kier alpha value is -3.23. The van der Waals surface area contributed by atoms with Crippen molar-refractivity contribution in [2.45, 2.75) is 13.0 Å². The number of hydrogen-bond donors (Lipinski definition) is 3. The lowest BCUT2D eigenvalue weighted by atomic mass is 10.2. The number of nitrogens with one attached hydrogen (secondary N) is 2. The van der Waals surface area contributed by atoms with E-state index in [2.05, 4.69) is 15.7 Å². The standard InChI is InChI=1S/C15H14F2N4O3/c1-9(8-22)21(15(23)24)20-13-3-2-10(16)5-14(13)19-12-4-11(17)6-18-7-12/h2-9,19-20H,1H3,(H,23,24). The molecular weight excluding hydrogens is 322 g/mol. The summed E-state index contributed by atoms with van der Waals surface area (Å²) >= 11 is 0. The molecule has 24 heavy (non-hydrogen) atoms. The number of rotatable bonds is 6. The maximum Gasteiger partial charge on any atom is 0.426 e. The molecule has 0 aliphatic rings. The number of amides is 1. The van der Waals surface area contributed by atoms with E-state index in [1.165, 1.54) is 19.2 Å². The summed E-state index contributed by atoms with van der Waals surface area (Å²) in [6, 6.07) is 3.67. The summed E-state index contributed by atoms with van der Waals surface area (Å²) < 4.78 is 26.7. The van der Waals surface area contributed by atoms with Crippen LogP contribution in [0, 0.1) is 11.6 Å². The van der Waals surface area contributed by atoms with Gasteiger partial charge in [0.1, 0.15) is 24.0 Å². The van der Waals surface area contributed by atoms with E-state index in [0.29, 0.717) is 11.3 Å². The van der Waals surface area contributed by atoms with Gasteiger partial charge in [0.25, 0.3) is 0 Å². The number of carboxylic acid groups (broad SMARTS) is 1. The Balaban J connectivity index is 2.33. The molecule has 1 aromatic heterocycles. The fraction of sp³-hybridized carbons (Fsp3) is 0.133. The summed E-state index contributed by atoms with van der Waals surface area (Å²) in [6.07, 6.45) is 1.38. The van der Waals surface area contributed by atoms with Crippen LogP contribution in [0.25, 0.3) is 0 Å². The molecular formula is C15H14F2N4O3. The van der Waals surface area contributed by atoms with E-state index in [0.717, 1.165) is 24.4 Å². The summed E-state index contributed by atoms with van der Waals surface area (Å²) in [4.78, 5) is 25.7. The Morgan fingerprint density at radius 2 is 2.00 bits per heavy atom. The molecule has 1 aromatic carbocycles. The Bertz CT molecular complexity index is 757. The fourth-order valence-corrected chi connectivity index (χ4v) is 1.87. The van der Waals surface area contributed by atoms with Crippen molar-refractivity contribution in [2.75, 3.05) is 10.7 Å². The van der Waals surface area contributed by atoms with E-state index >= 15 is 0 Å². The summed E-state index contributed by atoms with van der Waals surface area (Å²) in [7, 11) is 0. The second-order valence-electron chi connectivity index (χ2n) is 4.85. The quantitative estimate of drug-likeness (QED) is 0.554. The number of anilines is 3. The Kier molecular flexibility index (Phi) is 5.25. The molecule has 3 N–H and O–H groups in total. The Morgan fingerprint density at radius 3 is 2.62 bits per heavy atom. The minimum absolute atomic E-state index is 0.145. The zero-order valence-electron chi connectivity index (χ0n) is 12.5. The third kappa shape index (κ3) is 4.15. The average molecular weight is 336 g/mol. The highest BCUT2D eigenvalue weighted by Gasteiger charge is 2.20. The van der Waals surface area contributed by atoms with Crippen LogP contribution in [-0.2, 0) is 4.79 Å². The number of aromatic nitrogens is 1. The molecule has 1 unspecified atom stereocenters. The summed E-state index contributed by atoms with van der Waals surface area (Å²) in [5.74, 6) is -1.18. The number of carbonyl (C=O) groups is 2. The molecule has 9 heteroatoms. The molecule has 0 aliphatic carbocycles. The number of aldehydes is 1. The molecule has 0 saturated heterocycles. The number of benzene rings is 1. The van der Waals surface area contributed by atoms with Crippen LogP contribution in [0.15, 0.2) is 36.7 Å². The third-order valence-electron chi connectivity index (χ3n) is 3.02. The van der Waals surface area contributed by atoms with Crippen molar-refractivity contribution in [3.8, 4) is 0 Å². The van der Waals surface area contributed by atoms with Gasteiger partial charge in [-0.1, -0.05) is 0 Å². The molecule has 7 nitrogen and oxygen atoms in total. The summed E-state index contributed by atoms with van der Waals surface area (Å²) in [6.45, 7) is 1.38. The highest BCUT2D eigenvalue weighted by Crippen LogP contribution is 2.27. The molecule has 0 spiro atoms. The number of nitrogens with zero attached hydrogens (tertiary/aromatic N) is 2. The molecule has 0 bridgehead atoms. The first-order valence-corrected chi connectivity index (χ1v) is 6.82. The molecule has 0 aliphatic heterocycles. The number of hydrazine groups is 1. The summed E-state index contributed by atoms with van der Waals surface area (Å²) in [5.41, 5.74) is 3.09. The van der Waals surface area contributed by atoms with Crippen LogP contribution in [0.2, 0.25) is 0 Å². The predicted molar refractivity (Wildman–Crippen MR) is 82.9 cm³/mol. The second kappa shape index (κ2) is 7.36. The Labute approximate surface area is 135 Å². The van der Waals surface area contributed by atoms with E-state index in [9.17, 15) is 18.4 Å². The normalized spacial score (nSPS) is 11.5. The highest BCUT2D eigenvalue weighted by atomic mass is 19.1. The molecule has 1 atom stereocenters. The number of halogens is 2. The molecule has 0 saturated carbocycles. The van der Waals surface area contributed by atoms with Crippen LogP contribution in [0.5, 0.6) is 0 Å². The smallest absolute Gasteiger partial charge is 0.426 e. The first-order valence-electron chi connectivity index (χ1n) is 6.82. The van der Waals surface area contributed by atoms with Gasteiger partial charge in [0.15, 0.2) is 0 Å². The van der Waals surface area contributed by atoms with Crippen LogP contribution < -0.4 is 10.7 Å². The van der Waals surface area contributed by atoms with Crippen molar-refractivity contribution in [1.29, 1.82) is 0 Å². The zero-order chi connectivity index (χ0) is 17.7. The van der Waals surface area contributed by atoms with Gasteiger partial charge in [-0.05, 0) is 25.1 Å². The topological polar surface area (TPSA) is 94.6 Å². The van der Waals surface area contributed by atoms with Crippen molar-refractivity contribution in [2.24, 2.45) is 0 Å². The predicted octanol–water partition coefficient (Wildman–Crippen LogP) is 3.00. The SMILES string of the molecule is CC(C=O)N(Nc1ccc(F)cc1Nc1cncc(F)c1)C(=O)O. The van der Waals surface area contributed by atoms with Crippen LogP contribution in [0.4, 0.5) is 30.6 Å². The fourth-order valence-electron chi connectivity index (χ4n) is 1.87. The second-order valence-corrected chi connectivity index (χ2v) is 4.85. The highest BCUT2D eigenvalue weighted by molar-refractivity contribution is 5.78. The summed E-state index contributed by atoms with van der Waals surface area (Å²) in [5, 5.41) is 12.6.